The molecule has 7 heteroatoms. The Hall–Kier alpha value is -2.70. The van der Waals surface area contributed by atoms with Gasteiger partial charge in [0.15, 0.2) is 0 Å². The summed E-state index contributed by atoms with van der Waals surface area (Å²) in [6.45, 7) is 0.316. The van der Waals surface area contributed by atoms with Gasteiger partial charge in [-0.05, 0) is 17.7 Å². The van der Waals surface area contributed by atoms with Crippen LogP contribution in [0.25, 0.3) is 0 Å². The van der Waals surface area contributed by atoms with E-state index in [1.54, 1.807) is 19.4 Å². The molecule has 0 saturated carbocycles. The predicted octanol–water partition coefficient (Wildman–Crippen LogP) is -0.410. The lowest BCUT2D eigenvalue weighted by molar-refractivity contribution is -0.131. The number of rotatable bonds is 4. The Morgan fingerprint density at radius 1 is 1.30 bits per heavy atom. The molecular weight excluding hydrogens is 260 g/mol. The van der Waals surface area contributed by atoms with Crippen molar-refractivity contribution in [2.45, 2.75) is 13.1 Å². The number of aromatic nitrogens is 3. The van der Waals surface area contributed by atoms with Crippen molar-refractivity contribution in [2.24, 2.45) is 0 Å². The lowest BCUT2D eigenvalue weighted by Crippen LogP contribution is -2.36. The highest BCUT2D eigenvalue weighted by atomic mass is 16.2. The van der Waals surface area contributed by atoms with Gasteiger partial charge in [0.25, 0.3) is 5.56 Å². The maximum atomic E-state index is 12.0. The van der Waals surface area contributed by atoms with E-state index >= 15 is 0 Å². The third kappa shape index (κ3) is 3.41. The first-order valence-electron chi connectivity index (χ1n) is 5.99. The fraction of sp³-hybridized carbons (Fsp3) is 0.231. The number of amides is 1. The summed E-state index contributed by atoms with van der Waals surface area (Å²) in [5.74, 6) is -0.226. The molecule has 0 bridgehead atoms. The van der Waals surface area contributed by atoms with Crippen molar-refractivity contribution in [3.8, 4) is 0 Å². The number of pyridine rings is 1. The van der Waals surface area contributed by atoms with Crippen molar-refractivity contribution < 1.29 is 4.79 Å². The Labute approximate surface area is 114 Å². The summed E-state index contributed by atoms with van der Waals surface area (Å²) in [7, 11) is 1.65. The van der Waals surface area contributed by atoms with Crippen LogP contribution in [-0.4, -0.2) is 32.4 Å². The van der Waals surface area contributed by atoms with Gasteiger partial charge in [-0.25, -0.2) is 4.79 Å². The number of nitrogens with one attached hydrogen (secondary N) is 1. The van der Waals surface area contributed by atoms with Gasteiger partial charge in [0.05, 0.1) is 0 Å². The summed E-state index contributed by atoms with van der Waals surface area (Å²) in [6.07, 6.45) is 4.61. The van der Waals surface area contributed by atoms with Crippen LogP contribution in [0.15, 0.2) is 46.4 Å². The molecule has 0 aromatic carbocycles. The molecule has 0 aliphatic rings. The topological polar surface area (TPSA) is 88.1 Å². The number of hydrogen-bond donors (Lipinski definition) is 1. The van der Waals surface area contributed by atoms with Crippen molar-refractivity contribution in [1.29, 1.82) is 0 Å². The van der Waals surface area contributed by atoms with Crippen molar-refractivity contribution in [3.63, 3.8) is 0 Å². The van der Waals surface area contributed by atoms with E-state index in [4.69, 9.17) is 0 Å². The van der Waals surface area contributed by atoms with Gasteiger partial charge in [-0.15, -0.1) is 0 Å². The first-order valence-corrected chi connectivity index (χ1v) is 5.99. The summed E-state index contributed by atoms with van der Waals surface area (Å²) < 4.78 is 1.16. The quantitative estimate of drug-likeness (QED) is 0.821. The average Bonchev–Trinajstić information content (AvgIpc) is 2.43. The van der Waals surface area contributed by atoms with Crippen LogP contribution in [0.1, 0.15) is 5.56 Å². The summed E-state index contributed by atoms with van der Waals surface area (Å²) in [6, 6.07) is 4.84. The largest absolute Gasteiger partial charge is 0.340 e. The van der Waals surface area contributed by atoms with E-state index in [1.807, 2.05) is 12.1 Å². The predicted molar refractivity (Wildman–Crippen MR) is 72.0 cm³/mol. The van der Waals surface area contributed by atoms with Gasteiger partial charge in [0.1, 0.15) is 6.54 Å². The van der Waals surface area contributed by atoms with Crippen LogP contribution in [0.4, 0.5) is 0 Å². The van der Waals surface area contributed by atoms with E-state index in [2.05, 4.69) is 9.97 Å². The van der Waals surface area contributed by atoms with Crippen LogP contribution in [0, 0.1) is 0 Å². The van der Waals surface area contributed by atoms with Gasteiger partial charge in [0.2, 0.25) is 5.91 Å². The number of likely N-dealkylation sites (N-methyl/N-ethyl adjacent to an activating group) is 1. The molecule has 0 radical (unpaired) electrons. The number of carbonyl (C=O) groups excluding carboxylic acids is 1. The fourth-order valence-corrected chi connectivity index (χ4v) is 1.69. The van der Waals surface area contributed by atoms with Crippen LogP contribution in [0.3, 0.4) is 0 Å². The molecule has 0 saturated heterocycles. The Balaban J connectivity index is 2.04. The van der Waals surface area contributed by atoms with Crippen molar-refractivity contribution in [2.75, 3.05) is 7.05 Å². The molecule has 20 heavy (non-hydrogen) atoms. The van der Waals surface area contributed by atoms with E-state index in [0.29, 0.717) is 6.54 Å². The average molecular weight is 274 g/mol. The number of aromatic amines is 1. The summed E-state index contributed by atoms with van der Waals surface area (Å²) in [5.41, 5.74) is -0.128. The van der Waals surface area contributed by atoms with Gasteiger partial charge in [-0.3, -0.25) is 24.1 Å². The lowest BCUT2D eigenvalue weighted by Gasteiger charge is -2.17. The molecule has 2 aromatic rings. The molecule has 0 unspecified atom stereocenters. The SMILES string of the molecule is CN(Cc1ccncc1)C(=O)Cn1ccc(=O)[nH]c1=O. The maximum Gasteiger partial charge on any atom is 0.328 e. The molecular formula is C13H14N4O3. The Bertz CT molecular complexity index is 705. The zero-order valence-corrected chi connectivity index (χ0v) is 10.9. The van der Waals surface area contributed by atoms with Crippen molar-refractivity contribution >= 4 is 5.91 Å². The van der Waals surface area contributed by atoms with Crippen molar-refractivity contribution in [3.05, 3.63) is 63.2 Å². The molecule has 104 valence electrons. The zero-order valence-electron chi connectivity index (χ0n) is 10.9. The fourth-order valence-electron chi connectivity index (χ4n) is 1.69. The first kappa shape index (κ1) is 13.7. The molecule has 2 heterocycles. The lowest BCUT2D eigenvalue weighted by atomic mass is 10.2. The van der Waals surface area contributed by atoms with Crippen LogP contribution < -0.4 is 11.2 Å². The van der Waals surface area contributed by atoms with Crippen molar-refractivity contribution in [1.82, 2.24) is 19.4 Å². The van der Waals surface area contributed by atoms with Crippen LogP contribution >= 0.6 is 0 Å². The molecule has 7 nitrogen and oxygen atoms in total. The number of H-pyrrole nitrogens is 1. The van der Waals surface area contributed by atoms with E-state index in [9.17, 15) is 14.4 Å². The summed E-state index contributed by atoms with van der Waals surface area (Å²) >= 11 is 0. The number of hydrogen-bond acceptors (Lipinski definition) is 4. The van der Waals surface area contributed by atoms with E-state index < -0.39 is 11.2 Å². The molecule has 1 N–H and O–H groups in total. The second-order valence-corrected chi connectivity index (χ2v) is 4.34. The van der Waals surface area contributed by atoms with Gasteiger partial charge >= 0.3 is 5.69 Å². The molecule has 0 atom stereocenters. The summed E-state index contributed by atoms with van der Waals surface area (Å²) in [4.78, 5) is 41.9. The standard InChI is InChI=1S/C13H14N4O3/c1-16(8-10-2-5-14-6-3-10)12(19)9-17-7-4-11(18)15-13(17)20/h2-7H,8-9H2,1H3,(H,15,18,20). The van der Waals surface area contributed by atoms with Gasteiger partial charge < -0.3 is 4.90 Å². The molecule has 0 aliphatic carbocycles. The third-order valence-corrected chi connectivity index (χ3v) is 2.80. The van der Waals surface area contributed by atoms with E-state index in [-0.39, 0.29) is 12.5 Å². The minimum Gasteiger partial charge on any atom is -0.340 e. The van der Waals surface area contributed by atoms with E-state index in [0.717, 1.165) is 10.1 Å². The Morgan fingerprint density at radius 3 is 2.65 bits per heavy atom. The minimum absolute atomic E-state index is 0.114. The third-order valence-electron chi connectivity index (χ3n) is 2.80. The second kappa shape index (κ2) is 5.96. The highest BCUT2D eigenvalue weighted by Gasteiger charge is 2.10. The second-order valence-electron chi connectivity index (χ2n) is 4.34. The Kier molecular flexibility index (Phi) is 4.09. The number of carbonyl (C=O) groups is 1. The van der Waals surface area contributed by atoms with Gasteiger partial charge in [-0.2, -0.15) is 0 Å². The van der Waals surface area contributed by atoms with Crippen LogP contribution in [0.2, 0.25) is 0 Å². The van der Waals surface area contributed by atoms with E-state index in [1.165, 1.54) is 17.2 Å². The molecule has 2 aromatic heterocycles. The highest BCUT2D eigenvalue weighted by Crippen LogP contribution is 2.01. The molecule has 1 amide bonds. The smallest absolute Gasteiger partial charge is 0.328 e. The minimum atomic E-state index is -0.594. The zero-order chi connectivity index (χ0) is 14.5. The molecule has 0 spiro atoms. The first-order chi connectivity index (χ1) is 9.56. The molecule has 0 aliphatic heterocycles. The van der Waals surface area contributed by atoms with Gasteiger partial charge in [0, 0.05) is 38.2 Å². The molecule has 0 fully saturated rings. The number of nitrogens with zero attached hydrogens (tertiary/aromatic N) is 3. The van der Waals surface area contributed by atoms with Crippen LogP contribution in [-0.2, 0) is 17.9 Å². The monoisotopic (exact) mass is 274 g/mol. The van der Waals surface area contributed by atoms with Gasteiger partial charge in [-0.1, -0.05) is 0 Å². The highest BCUT2D eigenvalue weighted by molar-refractivity contribution is 5.75. The maximum absolute atomic E-state index is 12.0. The normalized spacial score (nSPS) is 10.2. The Morgan fingerprint density at radius 2 is 2.00 bits per heavy atom. The molecule has 2 rings (SSSR count). The van der Waals surface area contributed by atoms with Crippen LogP contribution in [0.5, 0.6) is 0 Å². The summed E-state index contributed by atoms with van der Waals surface area (Å²) in [5, 5.41) is 0.